The van der Waals surface area contributed by atoms with Crippen molar-refractivity contribution in [3.8, 4) is 0 Å². The smallest absolute Gasteiger partial charge is 0.234 e. The Labute approximate surface area is 173 Å². The van der Waals surface area contributed by atoms with Gasteiger partial charge in [-0.05, 0) is 38.3 Å². The quantitative estimate of drug-likeness (QED) is 0.561. The van der Waals surface area contributed by atoms with Crippen LogP contribution in [0.15, 0.2) is 22.5 Å². The van der Waals surface area contributed by atoms with Crippen LogP contribution in [0.5, 0.6) is 0 Å². The molecule has 9 heteroatoms. The van der Waals surface area contributed by atoms with Crippen LogP contribution in [-0.2, 0) is 18.3 Å². The molecule has 0 saturated heterocycles. The zero-order valence-corrected chi connectivity index (χ0v) is 18.3. The number of para-hydroxylation sites is 1. The summed E-state index contributed by atoms with van der Waals surface area (Å²) in [6.45, 7) is 8.02. The van der Waals surface area contributed by atoms with Crippen molar-refractivity contribution in [3.63, 3.8) is 0 Å². The molecule has 3 rings (SSSR count). The van der Waals surface area contributed by atoms with Crippen LogP contribution in [0, 0.1) is 20.8 Å². The Morgan fingerprint density at radius 3 is 2.68 bits per heavy atom. The van der Waals surface area contributed by atoms with E-state index in [-0.39, 0.29) is 11.7 Å². The molecule has 0 aliphatic carbocycles. The van der Waals surface area contributed by atoms with Crippen molar-refractivity contribution in [2.24, 2.45) is 7.05 Å². The minimum atomic E-state index is -0.0823. The second kappa shape index (κ2) is 8.74. The Kier molecular flexibility index (Phi) is 6.35. The Hall–Kier alpha value is -2.39. The highest BCUT2D eigenvalue weighted by Crippen LogP contribution is 2.31. The van der Waals surface area contributed by atoms with E-state index in [1.807, 2.05) is 20.9 Å². The molecule has 148 valence electrons. The summed E-state index contributed by atoms with van der Waals surface area (Å²) in [5.74, 6) is 0.188. The molecule has 0 saturated carbocycles. The summed E-state index contributed by atoms with van der Waals surface area (Å²) in [5.41, 5.74) is 6.02. The highest BCUT2D eigenvalue weighted by Gasteiger charge is 2.14. The number of rotatable bonds is 7. The van der Waals surface area contributed by atoms with Gasteiger partial charge in [-0.3, -0.25) is 9.48 Å². The lowest BCUT2D eigenvalue weighted by atomic mass is 10.1. The van der Waals surface area contributed by atoms with Crippen LogP contribution in [0.4, 0.5) is 16.5 Å². The molecule has 0 radical (unpaired) electrons. The average Bonchev–Trinajstić information content (AvgIpc) is 3.21. The lowest BCUT2D eigenvalue weighted by molar-refractivity contribution is -0.113. The van der Waals surface area contributed by atoms with Gasteiger partial charge in [-0.25, -0.2) is 0 Å². The second-order valence-corrected chi connectivity index (χ2v) is 8.67. The van der Waals surface area contributed by atoms with E-state index in [0.29, 0.717) is 0 Å². The van der Waals surface area contributed by atoms with Crippen LogP contribution >= 0.6 is 23.1 Å². The van der Waals surface area contributed by atoms with E-state index in [4.69, 9.17) is 0 Å². The standard InChI is InChI=1S/C19H24N6OS2/c1-6-14-9-7-8-11(2)16(14)21-18-22-23-19(28-18)27-10-15(26)20-17-12(3)24-25(5)13(17)4/h7-9H,6,10H2,1-5H3,(H,20,26)(H,21,22). The first kappa shape index (κ1) is 20.3. The zero-order chi connectivity index (χ0) is 20.3. The number of benzene rings is 1. The molecule has 3 aromatic rings. The van der Waals surface area contributed by atoms with E-state index in [0.717, 1.165) is 38.7 Å². The van der Waals surface area contributed by atoms with E-state index in [9.17, 15) is 4.79 Å². The predicted octanol–water partition coefficient (Wildman–Crippen LogP) is 4.23. The van der Waals surface area contributed by atoms with Crippen LogP contribution in [0.3, 0.4) is 0 Å². The van der Waals surface area contributed by atoms with E-state index in [1.165, 1.54) is 34.2 Å². The molecule has 2 heterocycles. The number of aryl methyl sites for hydroxylation is 4. The number of hydrogen-bond acceptors (Lipinski definition) is 7. The van der Waals surface area contributed by atoms with Crippen molar-refractivity contribution < 1.29 is 4.79 Å². The van der Waals surface area contributed by atoms with Gasteiger partial charge in [0, 0.05) is 12.7 Å². The van der Waals surface area contributed by atoms with Gasteiger partial charge >= 0.3 is 0 Å². The average molecular weight is 417 g/mol. The van der Waals surface area contributed by atoms with Gasteiger partial charge in [0.05, 0.1) is 22.8 Å². The fourth-order valence-electron chi connectivity index (χ4n) is 2.88. The number of carbonyl (C=O) groups is 1. The Bertz CT molecular complexity index is 994. The summed E-state index contributed by atoms with van der Waals surface area (Å²) in [4.78, 5) is 12.3. The molecule has 7 nitrogen and oxygen atoms in total. The lowest BCUT2D eigenvalue weighted by Crippen LogP contribution is -2.15. The number of thioether (sulfide) groups is 1. The van der Waals surface area contributed by atoms with Crippen LogP contribution in [0.2, 0.25) is 0 Å². The predicted molar refractivity (Wildman–Crippen MR) is 116 cm³/mol. The summed E-state index contributed by atoms with van der Waals surface area (Å²) in [6.07, 6.45) is 0.942. The minimum absolute atomic E-state index is 0.0823. The van der Waals surface area contributed by atoms with Gasteiger partial charge < -0.3 is 10.6 Å². The third kappa shape index (κ3) is 4.53. The highest BCUT2D eigenvalue weighted by molar-refractivity contribution is 8.01. The summed E-state index contributed by atoms with van der Waals surface area (Å²) in [6, 6.07) is 6.24. The van der Waals surface area contributed by atoms with Crippen molar-refractivity contribution in [2.45, 2.75) is 38.5 Å². The van der Waals surface area contributed by atoms with Crippen molar-refractivity contribution in [3.05, 3.63) is 40.7 Å². The number of nitrogens with zero attached hydrogens (tertiary/aromatic N) is 4. The molecular formula is C19H24N6OS2. The zero-order valence-electron chi connectivity index (χ0n) is 16.7. The fourth-order valence-corrected chi connectivity index (χ4v) is 4.44. The molecule has 2 N–H and O–H groups in total. The van der Waals surface area contributed by atoms with Gasteiger partial charge in [0.25, 0.3) is 0 Å². The third-order valence-corrected chi connectivity index (χ3v) is 6.45. The molecule has 0 atom stereocenters. The van der Waals surface area contributed by atoms with Crippen LogP contribution < -0.4 is 10.6 Å². The lowest BCUT2D eigenvalue weighted by Gasteiger charge is -2.11. The summed E-state index contributed by atoms with van der Waals surface area (Å²) < 4.78 is 2.51. The van der Waals surface area contributed by atoms with Crippen LogP contribution in [0.1, 0.15) is 29.4 Å². The minimum Gasteiger partial charge on any atom is -0.330 e. The highest BCUT2D eigenvalue weighted by atomic mass is 32.2. The van der Waals surface area contributed by atoms with E-state index in [2.05, 4.69) is 58.0 Å². The molecular weight excluding hydrogens is 392 g/mol. The first-order valence-corrected chi connectivity index (χ1v) is 10.8. The van der Waals surface area contributed by atoms with Crippen LogP contribution in [0.25, 0.3) is 0 Å². The largest absolute Gasteiger partial charge is 0.330 e. The van der Waals surface area contributed by atoms with Crippen molar-refractivity contribution in [2.75, 3.05) is 16.4 Å². The Morgan fingerprint density at radius 1 is 1.21 bits per heavy atom. The molecule has 28 heavy (non-hydrogen) atoms. The fraction of sp³-hybridized carbons (Fsp3) is 0.368. The maximum absolute atomic E-state index is 12.3. The monoisotopic (exact) mass is 416 g/mol. The van der Waals surface area contributed by atoms with Crippen molar-refractivity contribution >= 4 is 45.5 Å². The first-order chi connectivity index (χ1) is 13.4. The third-order valence-electron chi connectivity index (χ3n) is 4.48. The number of amides is 1. The molecule has 0 aliphatic heterocycles. The number of anilines is 3. The van der Waals surface area contributed by atoms with Gasteiger partial charge in [-0.2, -0.15) is 5.10 Å². The maximum atomic E-state index is 12.3. The van der Waals surface area contributed by atoms with Gasteiger partial charge in [0.1, 0.15) is 0 Å². The summed E-state index contributed by atoms with van der Waals surface area (Å²) in [5, 5.41) is 19.8. The van der Waals surface area contributed by atoms with Crippen LogP contribution in [-0.4, -0.2) is 31.6 Å². The van der Waals surface area contributed by atoms with Gasteiger partial charge in [0.15, 0.2) is 4.34 Å². The summed E-state index contributed by atoms with van der Waals surface area (Å²) in [7, 11) is 1.86. The first-order valence-electron chi connectivity index (χ1n) is 9.01. The summed E-state index contributed by atoms with van der Waals surface area (Å²) >= 11 is 2.82. The molecule has 0 unspecified atom stereocenters. The molecule has 0 spiro atoms. The molecule has 1 amide bonds. The van der Waals surface area contributed by atoms with Gasteiger partial charge in [-0.15, -0.1) is 10.2 Å². The molecule has 0 fully saturated rings. The Balaban J connectivity index is 1.60. The molecule has 2 aromatic heterocycles. The normalized spacial score (nSPS) is 10.9. The number of carbonyl (C=O) groups excluding carboxylic acids is 1. The molecule has 0 aliphatic rings. The van der Waals surface area contributed by atoms with E-state index in [1.54, 1.807) is 4.68 Å². The Morgan fingerprint density at radius 2 is 2.00 bits per heavy atom. The maximum Gasteiger partial charge on any atom is 0.234 e. The molecule has 1 aromatic carbocycles. The number of hydrogen-bond donors (Lipinski definition) is 2. The SMILES string of the molecule is CCc1cccc(C)c1Nc1nnc(SCC(=O)Nc2c(C)nn(C)c2C)s1. The molecule has 0 bridgehead atoms. The number of aromatic nitrogens is 4. The van der Waals surface area contributed by atoms with Gasteiger partial charge in [-0.1, -0.05) is 48.2 Å². The number of nitrogens with one attached hydrogen (secondary N) is 2. The van der Waals surface area contributed by atoms with E-state index < -0.39 is 0 Å². The van der Waals surface area contributed by atoms with E-state index >= 15 is 0 Å². The van der Waals surface area contributed by atoms with Gasteiger partial charge in [0.2, 0.25) is 11.0 Å². The topological polar surface area (TPSA) is 84.7 Å². The van der Waals surface area contributed by atoms with Crippen molar-refractivity contribution in [1.82, 2.24) is 20.0 Å². The second-order valence-electron chi connectivity index (χ2n) is 6.47. The van der Waals surface area contributed by atoms with Crippen molar-refractivity contribution in [1.29, 1.82) is 0 Å².